The Balaban J connectivity index is 2.37. The third-order valence-corrected chi connectivity index (χ3v) is 3.03. The lowest BCUT2D eigenvalue weighted by Crippen LogP contribution is -1.94. The van der Waals surface area contributed by atoms with Crippen LogP contribution < -0.4 is 10.5 Å². The monoisotopic (exact) mass is 315 g/mol. The Morgan fingerprint density at radius 3 is 2.59 bits per heavy atom. The van der Waals surface area contributed by atoms with Crippen LogP contribution in [0.2, 0.25) is 5.02 Å². The van der Waals surface area contributed by atoms with Crippen molar-refractivity contribution in [2.24, 2.45) is 0 Å². The molecule has 5 heteroatoms. The smallest absolute Gasteiger partial charge is 0.151 e. The number of nitrogen functional groups attached to an aromatic ring is 1. The predicted molar refractivity (Wildman–Crippen MR) is 70.0 cm³/mol. The van der Waals surface area contributed by atoms with Gasteiger partial charge in [-0.25, -0.2) is 4.39 Å². The van der Waals surface area contributed by atoms with Crippen LogP contribution in [0, 0.1) is 5.82 Å². The molecule has 0 atom stereocenters. The lowest BCUT2D eigenvalue weighted by molar-refractivity contribution is 0.482. The van der Waals surface area contributed by atoms with Crippen molar-refractivity contribution >= 4 is 33.2 Å². The number of nitrogens with two attached hydrogens (primary N) is 1. The Labute approximate surface area is 111 Å². The van der Waals surface area contributed by atoms with Crippen molar-refractivity contribution in [3.63, 3.8) is 0 Å². The number of ether oxygens (including phenoxy) is 1. The van der Waals surface area contributed by atoms with E-state index in [9.17, 15) is 4.39 Å². The number of benzene rings is 2. The van der Waals surface area contributed by atoms with Gasteiger partial charge in [0, 0.05) is 12.1 Å². The van der Waals surface area contributed by atoms with E-state index in [1.807, 2.05) is 0 Å². The van der Waals surface area contributed by atoms with Crippen LogP contribution in [-0.4, -0.2) is 0 Å². The molecule has 88 valence electrons. The van der Waals surface area contributed by atoms with Crippen LogP contribution in [0.4, 0.5) is 10.1 Å². The average Bonchev–Trinajstić information content (AvgIpc) is 2.29. The minimum atomic E-state index is -0.436. The van der Waals surface area contributed by atoms with Gasteiger partial charge in [0.2, 0.25) is 0 Å². The van der Waals surface area contributed by atoms with Crippen LogP contribution in [0.5, 0.6) is 11.5 Å². The Morgan fingerprint density at radius 1 is 1.18 bits per heavy atom. The van der Waals surface area contributed by atoms with E-state index in [0.29, 0.717) is 16.5 Å². The highest BCUT2D eigenvalue weighted by Crippen LogP contribution is 2.34. The fourth-order valence-corrected chi connectivity index (χ4v) is 1.78. The van der Waals surface area contributed by atoms with E-state index in [1.165, 1.54) is 12.1 Å². The second kappa shape index (κ2) is 4.94. The Hall–Kier alpha value is -1.26. The molecule has 0 aromatic heterocycles. The molecule has 0 unspecified atom stereocenters. The third-order valence-electron chi connectivity index (χ3n) is 2.11. The van der Waals surface area contributed by atoms with Gasteiger partial charge < -0.3 is 10.5 Å². The molecule has 0 spiro atoms. The van der Waals surface area contributed by atoms with E-state index in [-0.39, 0.29) is 10.2 Å². The summed E-state index contributed by atoms with van der Waals surface area (Å²) >= 11 is 9.01. The summed E-state index contributed by atoms with van der Waals surface area (Å²) in [5.74, 6) is 0.389. The molecule has 0 radical (unpaired) electrons. The topological polar surface area (TPSA) is 35.2 Å². The molecule has 0 aliphatic rings. The summed E-state index contributed by atoms with van der Waals surface area (Å²) in [6.45, 7) is 0. The first-order valence-corrected chi connectivity index (χ1v) is 5.92. The molecule has 0 amide bonds. The molecular weight excluding hydrogens is 308 g/mol. The highest BCUT2D eigenvalue weighted by atomic mass is 79.9. The van der Waals surface area contributed by atoms with Crippen molar-refractivity contribution in [2.75, 3.05) is 5.73 Å². The molecule has 17 heavy (non-hydrogen) atoms. The summed E-state index contributed by atoms with van der Waals surface area (Å²) in [6, 6.07) is 9.64. The van der Waals surface area contributed by atoms with Gasteiger partial charge in [-0.15, -0.1) is 0 Å². The van der Waals surface area contributed by atoms with Gasteiger partial charge in [0.25, 0.3) is 0 Å². The summed E-state index contributed by atoms with van der Waals surface area (Å²) in [6.07, 6.45) is 0. The predicted octanol–water partition coefficient (Wildman–Crippen LogP) is 4.62. The van der Waals surface area contributed by atoms with Gasteiger partial charge in [0.1, 0.15) is 11.6 Å². The number of para-hydroxylation sites is 1. The molecule has 0 bridgehead atoms. The Bertz CT molecular complexity index is 562. The standard InChI is InChI=1S/C12H8BrClFNO/c13-7-5-12(10(16)6-9(7)15)17-11-4-2-1-3-8(11)14/h1-6H,16H2. The largest absolute Gasteiger partial charge is 0.454 e. The number of anilines is 1. The number of halogens is 3. The van der Waals surface area contributed by atoms with Crippen LogP contribution in [0.1, 0.15) is 0 Å². The fourth-order valence-electron chi connectivity index (χ4n) is 1.28. The van der Waals surface area contributed by atoms with Crippen molar-refractivity contribution in [1.29, 1.82) is 0 Å². The zero-order valence-electron chi connectivity index (χ0n) is 8.58. The molecular formula is C12H8BrClFNO. The molecule has 0 aliphatic heterocycles. The van der Waals surface area contributed by atoms with E-state index >= 15 is 0 Å². The van der Waals surface area contributed by atoms with Crippen molar-refractivity contribution in [1.82, 2.24) is 0 Å². The molecule has 2 rings (SSSR count). The van der Waals surface area contributed by atoms with Gasteiger partial charge in [-0.05, 0) is 28.1 Å². The van der Waals surface area contributed by atoms with Gasteiger partial charge in [0.05, 0.1) is 15.2 Å². The van der Waals surface area contributed by atoms with E-state index in [1.54, 1.807) is 24.3 Å². The maximum absolute atomic E-state index is 13.2. The Kier molecular flexibility index (Phi) is 3.54. The molecule has 2 nitrogen and oxygen atoms in total. The fraction of sp³-hybridized carbons (Fsp3) is 0. The van der Waals surface area contributed by atoms with Gasteiger partial charge in [0.15, 0.2) is 5.75 Å². The first kappa shape index (κ1) is 12.2. The molecule has 0 aliphatic carbocycles. The molecule has 0 saturated carbocycles. The second-order valence-corrected chi connectivity index (χ2v) is 4.60. The molecule has 0 heterocycles. The zero-order valence-corrected chi connectivity index (χ0v) is 10.9. The van der Waals surface area contributed by atoms with Crippen LogP contribution in [-0.2, 0) is 0 Å². The summed E-state index contributed by atoms with van der Waals surface area (Å²) in [7, 11) is 0. The first-order chi connectivity index (χ1) is 8.08. The maximum atomic E-state index is 13.2. The normalized spacial score (nSPS) is 10.3. The van der Waals surface area contributed by atoms with Gasteiger partial charge >= 0.3 is 0 Å². The van der Waals surface area contributed by atoms with Crippen molar-refractivity contribution in [3.8, 4) is 11.5 Å². The number of hydrogen-bond acceptors (Lipinski definition) is 2. The van der Waals surface area contributed by atoms with Crippen molar-refractivity contribution < 1.29 is 9.13 Å². The lowest BCUT2D eigenvalue weighted by atomic mass is 10.3. The van der Waals surface area contributed by atoms with Crippen LogP contribution in [0.3, 0.4) is 0 Å². The molecule has 0 saturated heterocycles. The van der Waals surface area contributed by atoms with Crippen LogP contribution in [0.15, 0.2) is 40.9 Å². The molecule has 2 N–H and O–H groups in total. The quantitative estimate of drug-likeness (QED) is 0.821. The minimum absolute atomic E-state index is 0.214. The van der Waals surface area contributed by atoms with Crippen LogP contribution in [0.25, 0.3) is 0 Å². The number of rotatable bonds is 2. The van der Waals surface area contributed by atoms with Crippen molar-refractivity contribution in [2.45, 2.75) is 0 Å². The average molecular weight is 317 g/mol. The zero-order chi connectivity index (χ0) is 12.4. The van der Waals surface area contributed by atoms with Gasteiger partial charge in [-0.3, -0.25) is 0 Å². The minimum Gasteiger partial charge on any atom is -0.454 e. The lowest BCUT2D eigenvalue weighted by Gasteiger charge is -2.10. The highest BCUT2D eigenvalue weighted by Gasteiger charge is 2.09. The summed E-state index contributed by atoms with van der Waals surface area (Å²) < 4.78 is 19.0. The third kappa shape index (κ3) is 2.70. The van der Waals surface area contributed by atoms with E-state index in [0.717, 1.165) is 0 Å². The molecule has 0 fully saturated rings. The summed E-state index contributed by atoms with van der Waals surface area (Å²) in [5.41, 5.74) is 5.87. The van der Waals surface area contributed by atoms with E-state index in [4.69, 9.17) is 22.1 Å². The summed E-state index contributed by atoms with van der Waals surface area (Å²) in [4.78, 5) is 0. The highest BCUT2D eigenvalue weighted by molar-refractivity contribution is 9.10. The van der Waals surface area contributed by atoms with E-state index < -0.39 is 5.82 Å². The SMILES string of the molecule is Nc1cc(F)c(Br)cc1Oc1ccccc1Cl. The van der Waals surface area contributed by atoms with Gasteiger partial charge in [-0.1, -0.05) is 23.7 Å². The Morgan fingerprint density at radius 2 is 1.88 bits per heavy atom. The second-order valence-electron chi connectivity index (χ2n) is 3.34. The van der Waals surface area contributed by atoms with E-state index in [2.05, 4.69) is 15.9 Å². The first-order valence-electron chi connectivity index (χ1n) is 4.75. The molecule has 2 aromatic rings. The number of hydrogen-bond donors (Lipinski definition) is 1. The summed E-state index contributed by atoms with van der Waals surface area (Å²) in [5, 5.41) is 0.465. The van der Waals surface area contributed by atoms with Crippen molar-refractivity contribution in [3.05, 3.63) is 51.7 Å². The van der Waals surface area contributed by atoms with Crippen LogP contribution >= 0.6 is 27.5 Å². The molecule has 2 aromatic carbocycles. The maximum Gasteiger partial charge on any atom is 0.151 e. The van der Waals surface area contributed by atoms with Gasteiger partial charge in [-0.2, -0.15) is 0 Å².